The maximum Gasteiger partial charge on any atom is 0.337 e. The summed E-state index contributed by atoms with van der Waals surface area (Å²) in [6, 6.07) is 8.78. The highest BCUT2D eigenvalue weighted by atomic mass is 35.5. The lowest BCUT2D eigenvalue weighted by Crippen LogP contribution is -2.06. The van der Waals surface area contributed by atoms with Gasteiger partial charge in [-0.1, -0.05) is 11.6 Å². The molecule has 7 heteroatoms. The number of phenols is 1. The molecule has 0 radical (unpaired) electrons. The van der Waals surface area contributed by atoms with Gasteiger partial charge in [0.1, 0.15) is 5.75 Å². The van der Waals surface area contributed by atoms with Gasteiger partial charge in [0.2, 0.25) is 0 Å². The Morgan fingerprint density at radius 1 is 1.04 bits per heavy atom. The minimum atomic E-state index is -0.609. The maximum absolute atomic E-state index is 11.7. The van der Waals surface area contributed by atoms with E-state index in [1.54, 1.807) is 6.07 Å². The Morgan fingerprint density at radius 2 is 1.62 bits per heavy atom. The van der Waals surface area contributed by atoms with Crippen molar-refractivity contribution in [2.45, 2.75) is 0 Å². The van der Waals surface area contributed by atoms with Crippen molar-refractivity contribution < 1.29 is 24.2 Å². The lowest BCUT2D eigenvalue weighted by molar-refractivity contribution is 0.0599. The Labute approximate surface area is 143 Å². The van der Waals surface area contributed by atoms with Gasteiger partial charge in [0, 0.05) is 16.8 Å². The lowest BCUT2D eigenvalue weighted by atomic mass is 10.1. The number of benzene rings is 2. The van der Waals surface area contributed by atoms with Crippen LogP contribution in [0.5, 0.6) is 5.75 Å². The molecule has 0 bridgehead atoms. The largest absolute Gasteiger partial charge is 0.507 e. The van der Waals surface area contributed by atoms with Gasteiger partial charge < -0.3 is 14.6 Å². The second-order valence-electron chi connectivity index (χ2n) is 4.71. The van der Waals surface area contributed by atoms with Crippen molar-refractivity contribution in [3.8, 4) is 5.75 Å². The summed E-state index contributed by atoms with van der Waals surface area (Å²) in [6.07, 6.45) is 1.37. The minimum Gasteiger partial charge on any atom is -0.507 e. The van der Waals surface area contributed by atoms with Crippen LogP contribution in [0.1, 0.15) is 26.3 Å². The van der Waals surface area contributed by atoms with Crippen molar-refractivity contribution >= 4 is 35.4 Å². The molecule has 2 rings (SSSR count). The number of ether oxygens (including phenoxy) is 2. The Bertz CT molecular complexity index is 782. The summed E-state index contributed by atoms with van der Waals surface area (Å²) in [5.74, 6) is -1.22. The number of hydrogen-bond acceptors (Lipinski definition) is 6. The standard InChI is InChI=1S/C17H14ClNO5/c1-23-16(21)10-5-11(17(22)24-2)8-14(7-10)19-9-12-6-13(18)3-4-15(12)20/h3-9,20H,1-2H3. The highest BCUT2D eigenvalue weighted by Gasteiger charge is 2.13. The van der Waals surface area contributed by atoms with Gasteiger partial charge in [-0.2, -0.15) is 0 Å². The number of carbonyl (C=O) groups excluding carboxylic acids is 2. The first-order valence-corrected chi connectivity index (χ1v) is 7.16. The van der Waals surface area contributed by atoms with Crippen LogP contribution in [-0.4, -0.2) is 37.5 Å². The molecular formula is C17H14ClNO5. The molecule has 24 heavy (non-hydrogen) atoms. The number of halogens is 1. The average molecular weight is 348 g/mol. The van der Waals surface area contributed by atoms with E-state index < -0.39 is 11.9 Å². The van der Waals surface area contributed by atoms with Crippen LogP contribution in [0.3, 0.4) is 0 Å². The average Bonchev–Trinajstić information content (AvgIpc) is 2.60. The van der Waals surface area contributed by atoms with Crippen LogP contribution in [0.25, 0.3) is 0 Å². The summed E-state index contributed by atoms with van der Waals surface area (Å²) in [6.45, 7) is 0. The Morgan fingerprint density at radius 3 is 2.17 bits per heavy atom. The molecule has 0 aliphatic rings. The van der Waals surface area contributed by atoms with Gasteiger partial charge in [-0.25, -0.2) is 9.59 Å². The molecule has 1 N–H and O–H groups in total. The van der Waals surface area contributed by atoms with Crippen LogP contribution in [-0.2, 0) is 9.47 Å². The molecule has 0 saturated carbocycles. The topological polar surface area (TPSA) is 85.2 Å². The molecule has 124 valence electrons. The number of carbonyl (C=O) groups is 2. The Hall–Kier alpha value is -2.86. The van der Waals surface area contributed by atoms with Crippen molar-refractivity contribution in [2.75, 3.05) is 14.2 Å². The van der Waals surface area contributed by atoms with E-state index in [-0.39, 0.29) is 16.9 Å². The van der Waals surface area contributed by atoms with E-state index in [0.717, 1.165) is 0 Å². The fourth-order valence-electron chi connectivity index (χ4n) is 1.93. The summed E-state index contributed by atoms with van der Waals surface area (Å²) >= 11 is 5.87. The van der Waals surface area contributed by atoms with E-state index in [4.69, 9.17) is 11.6 Å². The van der Waals surface area contributed by atoms with Crippen molar-refractivity contribution in [1.82, 2.24) is 0 Å². The lowest BCUT2D eigenvalue weighted by Gasteiger charge is -2.05. The highest BCUT2D eigenvalue weighted by Crippen LogP contribution is 2.23. The molecule has 0 aliphatic heterocycles. The summed E-state index contributed by atoms with van der Waals surface area (Å²) in [7, 11) is 2.47. The third-order valence-corrected chi connectivity index (χ3v) is 3.34. The van der Waals surface area contributed by atoms with Crippen LogP contribution >= 0.6 is 11.6 Å². The monoisotopic (exact) mass is 347 g/mol. The van der Waals surface area contributed by atoms with Crippen molar-refractivity contribution in [3.05, 3.63) is 58.1 Å². The number of hydrogen-bond donors (Lipinski definition) is 1. The molecule has 0 atom stereocenters. The van der Waals surface area contributed by atoms with Gasteiger partial charge in [-0.05, 0) is 36.4 Å². The van der Waals surface area contributed by atoms with Gasteiger partial charge in [-0.3, -0.25) is 4.99 Å². The first kappa shape index (κ1) is 17.5. The molecule has 2 aromatic carbocycles. The van der Waals surface area contributed by atoms with Crippen LogP contribution in [0.2, 0.25) is 5.02 Å². The molecular weight excluding hydrogens is 334 g/mol. The van der Waals surface area contributed by atoms with Gasteiger partial charge in [-0.15, -0.1) is 0 Å². The summed E-state index contributed by atoms with van der Waals surface area (Å²) < 4.78 is 9.31. The second-order valence-corrected chi connectivity index (χ2v) is 5.15. The molecule has 0 amide bonds. The number of phenolic OH excluding ortho intramolecular Hbond substituents is 1. The van der Waals surface area contributed by atoms with Crippen molar-refractivity contribution in [1.29, 1.82) is 0 Å². The van der Waals surface area contributed by atoms with E-state index in [2.05, 4.69) is 14.5 Å². The highest BCUT2D eigenvalue weighted by molar-refractivity contribution is 6.30. The zero-order chi connectivity index (χ0) is 17.7. The summed E-state index contributed by atoms with van der Waals surface area (Å²) in [5.41, 5.74) is 1.02. The minimum absolute atomic E-state index is 0.000430. The van der Waals surface area contributed by atoms with E-state index in [1.807, 2.05) is 0 Å². The number of nitrogens with zero attached hydrogens (tertiary/aromatic N) is 1. The number of esters is 2. The molecule has 0 unspecified atom stereocenters. The predicted octanol–water partition coefficient (Wildman–Crippen LogP) is 3.37. The second kappa shape index (κ2) is 7.61. The number of aromatic hydroxyl groups is 1. The van der Waals surface area contributed by atoms with E-state index in [9.17, 15) is 14.7 Å². The SMILES string of the molecule is COC(=O)c1cc(N=Cc2cc(Cl)ccc2O)cc(C(=O)OC)c1. The molecule has 0 saturated heterocycles. The zero-order valence-electron chi connectivity index (χ0n) is 12.9. The number of rotatable bonds is 4. The normalized spacial score (nSPS) is 10.6. The van der Waals surface area contributed by atoms with Crippen LogP contribution in [0.4, 0.5) is 5.69 Å². The van der Waals surface area contributed by atoms with Gasteiger partial charge in [0.25, 0.3) is 0 Å². The fourth-order valence-corrected chi connectivity index (χ4v) is 2.11. The number of aliphatic imine (C=N–C) groups is 1. The van der Waals surface area contributed by atoms with Gasteiger partial charge in [0.05, 0.1) is 31.0 Å². The van der Waals surface area contributed by atoms with E-state index in [1.165, 1.54) is 50.8 Å². The van der Waals surface area contributed by atoms with Crippen LogP contribution in [0.15, 0.2) is 41.4 Å². The van der Waals surface area contributed by atoms with E-state index >= 15 is 0 Å². The van der Waals surface area contributed by atoms with E-state index in [0.29, 0.717) is 16.3 Å². The first-order chi connectivity index (χ1) is 11.4. The van der Waals surface area contributed by atoms with Crippen LogP contribution in [0, 0.1) is 0 Å². The summed E-state index contributed by atoms with van der Waals surface area (Å²) in [4.78, 5) is 27.6. The molecule has 2 aromatic rings. The Kier molecular flexibility index (Phi) is 5.55. The van der Waals surface area contributed by atoms with Crippen molar-refractivity contribution in [3.63, 3.8) is 0 Å². The third kappa shape index (κ3) is 4.11. The molecule has 0 spiro atoms. The first-order valence-electron chi connectivity index (χ1n) is 6.79. The molecule has 0 fully saturated rings. The van der Waals surface area contributed by atoms with Gasteiger partial charge >= 0.3 is 11.9 Å². The predicted molar refractivity (Wildman–Crippen MR) is 89.5 cm³/mol. The third-order valence-electron chi connectivity index (χ3n) is 3.10. The molecule has 0 aromatic heterocycles. The zero-order valence-corrected chi connectivity index (χ0v) is 13.7. The quantitative estimate of drug-likeness (QED) is 0.677. The molecule has 0 heterocycles. The fraction of sp³-hybridized carbons (Fsp3) is 0.118. The van der Waals surface area contributed by atoms with Gasteiger partial charge in [0.15, 0.2) is 0 Å². The smallest absolute Gasteiger partial charge is 0.337 e. The molecule has 0 aliphatic carbocycles. The number of methoxy groups -OCH3 is 2. The molecule has 6 nitrogen and oxygen atoms in total. The summed E-state index contributed by atoms with van der Waals surface area (Å²) in [5, 5.41) is 10.2. The maximum atomic E-state index is 11.7. The Balaban J connectivity index is 2.45. The van der Waals surface area contributed by atoms with Crippen molar-refractivity contribution in [2.24, 2.45) is 4.99 Å². The van der Waals surface area contributed by atoms with Crippen LogP contribution < -0.4 is 0 Å².